The van der Waals surface area contributed by atoms with Crippen molar-refractivity contribution in [3.63, 3.8) is 0 Å². The molecule has 5 nitrogen and oxygen atoms in total. The van der Waals surface area contributed by atoms with E-state index in [1.807, 2.05) is 48.5 Å². The molecule has 2 heterocycles. The van der Waals surface area contributed by atoms with Crippen LogP contribution in [0.2, 0.25) is 5.02 Å². The van der Waals surface area contributed by atoms with Crippen molar-refractivity contribution in [2.24, 2.45) is 0 Å². The maximum Gasteiger partial charge on any atom is 0.254 e. The number of benzene rings is 3. The number of rotatable bonds is 4. The third-order valence-corrected chi connectivity index (χ3v) is 6.21. The number of anilines is 1. The van der Waals surface area contributed by atoms with E-state index in [4.69, 9.17) is 11.6 Å². The molecule has 6 heteroatoms. The number of nitrogens with zero attached hydrogens (tertiary/aromatic N) is 3. The Labute approximate surface area is 203 Å². The van der Waals surface area contributed by atoms with Gasteiger partial charge in [-0.1, -0.05) is 54.1 Å². The maximum atomic E-state index is 13.4. The van der Waals surface area contributed by atoms with Crippen molar-refractivity contribution in [2.45, 2.75) is 13.1 Å². The molecule has 0 radical (unpaired) electrons. The van der Waals surface area contributed by atoms with E-state index < -0.39 is 0 Å². The van der Waals surface area contributed by atoms with Crippen molar-refractivity contribution in [3.8, 4) is 11.1 Å². The van der Waals surface area contributed by atoms with Crippen LogP contribution in [0.3, 0.4) is 0 Å². The summed E-state index contributed by atoms with van der Waals surface area (Å²) in [5.74, 6) is -0.311. The summed E-state index contributed by atoms with van der Waals surface area (Å²) in [4.78, 5) is 34.0. The van der Waals surface area contributed by atoms with E-state index >= 15 is 0 Å². The normalized spacial score (nSPS) is 13.4. The molecule has 1 aliphatic rings. The standard InChI is InChI=1S/C28H22ClN3O2/c29-25-11-9-23(10-12-25)28(34)31-18-24-3-1-2-4-26(24)32(27(33)19-31)17-20-5-7-21(8-6-20)22-13-15-30-16-14-22/h1-16H,17-19H2. The average Bonchev–Trinajstić information content (AvgIpc) is 3.01. The van der Waals surface area contributed by atoms with E-state index in [1.165, 1.54) is 0 Å². The van der Waals surface area contributed by atoms with E-state index in [9.17, 15) is 9.59 Å². The Balaban J connectivity index is 1.41. The van der Waals surface area contributed by atoms with Gasteiger partial charge in [-0.25, -0.2) is 0 Å². The minimum Gasteiger partial charge on any atom is -0.325 e. The number of halogens is 1. The number of carbonyl (C=O) groups is 2. The van der Waals surface area contributed by atoms with E-state index in [1.54, 1.807) is 46.5 Å². The molecule has 34 heavy (non-hydrogen) atoms. The van der Waals surface area contributed by atoms with Crippen LogP contribution in [0, 0.1) is 0 Å². The highest BCUT2D eigenvalue weighted by atomic mass is 35.5. The lowest BCUT2D eigenvalue weighted by molar-refractivity contribution is -0.119. The highest BCUT2D eigenvalue weighted by molar-refractivity contribution is 6.30. The van der Waals surface area contributed by atoms with Gasteiger partial charge in [0.2, 0.25) is 5.91 Å². The fourth-order valence-electron chi connectivity index (χ4n) is 4.17. The first-order valence-corrected chi connectivity index (χ1v) is 11.4. The molecule has 0 saturated heterocycles. The highest BCUT2D eigenvalue weighted by Gasteiger charge is 2.29. The van der Waals surface area contributed by atoms with Gasteiger partial charge in [-0.2, -0.15) is 0 Å². The van der Waals surface area contributed by atoms with Crippen molar-refractivity contribution in [3.05, 3.63) is 119 Å². The monoisotopic (exact) mass is 467 g/mol. The van der Waals surface area contributed by atoms with Crippen LogP contribution in [0.4, 0.5) is 5.69 Å². The first kappa shape index (κ1) is 21.9. The number of hydrogen-bond acceptors (Lipinski definition) is 3. The zero-order chi connectivity index (χ0) is 23.5. The number of aromatic nitrogens is 1. The number of para-hydroxylation sites is 1. The Kier molecular flexibility index (Phi) is 6.11. The van der Waals surface area contributed by atoms with Crippen LogP contribution in [0.25, 0.3) is 11.1 Å². The first-order valence-electron chi connectivity index (χ1n) is 11.0. The largest absolute Gasteiger partial charge is 0.325 e. The second-order valence-corrected chi connectivity index (χ2v) is 8.65. The summed E-state index contributed by atoms with van der Waals surface area (Å²) in [7, 11) is 0. The molecule has 0 bridgehead atoms. The van der Waals surface area contributed by atoms with E-state index in [-0.39, 0.29) is 18.4 Å². The number of amides is 2. The van der Waals surface area contributed by atoms with E-state index in [0.717, 1.165) is 27.9 Å². The molecular weight excluding hydrogens is 446 g/mol. The quantitative estimate of drug-likeness (QED) is 0.393. The van der Waals surface area contributed by atoms with Crippen LogP contribution in [0.15, 0.2) is 97.3 Å². The zero-order valence-electron chi connectivity index (χ0n) is 18.4. The summed E-state index contributed by atoms with van der Waals surface area (Å²) >= 11 is 5.97. The van der Waals surface area contributed by atoms with Gasteiger partial charge >= 0.3 is 0 Å². The fraction of sp³-hybridized carbons (Fsp3) is 0.107. The first-order chi connectivity index (χ1) is 16.6. The van der Waals surface area contributed by atoms with Gasteiger partial charge in [0.25, 0.3) is 5.91 Å². The van der Waals surface area contributed by atoms with Crippen LogP contribution >= 0.6 is 11.6 Å². The van der Waals surface area contributed by atoms with E-state index in [2.05, 4.69) is 17.1 Å². The molecule has 168 valence electrons. The molecule has 2 amide bonds. The highest BCUT2D eigenvalue weighted by Crippen LogP contribution is 2.29. The van der Waals surface area contributed by atoms with Gasteiger partial charge in [-0.3, -0.25) is 14.6 Å². The minimum atomic E-state index is -0.191. The molecule has 0 atom stereocenters. The van der Waals surface area contributed by atoms with Gasteiger partial charge in [0.05, 0.1) is 6.54 Å². The predicted octanol–water partition coefficient (Wildman–Crippen LogP) is 5.59. The van der Waals surface area contributed by atoms with Crippen molar-refractivity contribution in [1.82, 2.24) is 9.88 Å². The Morgan fingerprint density at radius 1 is 0.824 bits per heavy atom. The maximum absolute atomic E-state index is 13.4. The zero-order valence-corrected chi connectivity index (χ0v) is 19.2. The second-order valence-electron chi connectivity index (χ2n) is 8.21. The lowest BCUT2D eigenvalue weighted by Gasteiger charge is -2.23. The van der Waals surface area contributed by atoms with Crippen molar-refractivity contribution in [1.29, 1.82) is 0 Å². The van der Waals surface area contributed by atoms with Crippen molar-refractivity contribution in [2.75, 3.05) is 11.4 Å². The third-order valence-electron chi connectivity index (χ3n) is 5.96. The number of hydrogen-bond donors (Lipinski definition) is 0. The summed E-state index contributed by atoms with van der Waals surface area (Å²) in [6.45, 7) is 0.793. The molecule has 5 rings (SSSR count). The molecule has 0 unspecified atom stereocenters. The molecule has 4 aromatic rings. The smallest absolute Gasteiger partial charge is 0.254 e. The molecule has 0 aliphatic carbocycles. The summed E-state index contributed by atoms with van der Waals surface area (Å²) in [5, 5.41) is 0.565. The van der Waals surface area contributed by atoms with Crippen LogP contribution in [-0.4, -0.2) is 28.2 Å². The molecule has 0 saturated carbocycles. The van der Waals surface area contributed by atoms with Gasteiger partial charge in [0.1, 0.15) is 6.54 Å². The summed E-state index contributed by atoms with van der Waals surface area (Å²) in [5.41, 5.74) is 5.47. The van der Waals surface area contributed by atoms with Gasteiger partial charge in [-0.15, -0.1) is 0 Å². The van der Waals surface area contributed by atoms with Gasteiger partial charge in [-0.05, 0) is 64.7 Å². The Morgan fingerprint density at radius 2 is 1.50 bits per heavy atom. The fourth-order valence-corrected chi connectivity index (χ4v) is 4.30. The SMILES string of the molecule is O=C(c1ccc(Cl)cc1)N1CC(=O)N(Cc2ccc(-c3ccncc3)cc2)c2ccccc2C1. The molecule has 0 spiro atoms. The Morgan fingerprint density at radius 3 is 2.24 bits per heavy atom. The molecular formula is C28H22ClN3O2. The number of carbonyl (C=O) groups excluding carboxylic acids is 2. The Bertz CT molecular complexity index is 1320. The summed E-state index contributed by atoms with van der Waals surface area (Å²) in [6.07, 6.45) is 3.54. The lowest BCUT2D eigenvalue weighted by Crippen LogP contribution is -2.39. The molecule has 1 aromatic heterocycles. The second kappa shape index (κ2) is 9.49. The third kappa shape index (κ3) is 4.56. The van der Waals surface area contributed by atoms with Gasteiger partial charge in [0, 0.05) is 35.2 Å². The average molecular weight is 468 g/mol. The van der Waals surface area contributed by atoms with Gasteiger partial charge in [0.15, 0.2) is 0 Å². The summed E-state index contributed by atoms with van der Waals surface area (Å²) in [6, 6.07) is 26.6. The van der Waals surface area contributed by atoms with Crippen molar-refractivity contribution >= 4 is 29.1 Å². The van der Waals surface area contributed by atoms with Crippen LogP contribution < -0.4 is 4.90 Å². The van der Waals surface area contributed by atoms with Crippen LogP contribution in [-0.2, 0) is 17.9 Å². The van der Waals surface area contributed by atoms with Crippen LogP contribution in [0.1, 0.15) is 21.5 Å². The van der Waals surface area contributed by atoms with Crippen molar-refractivity contribution < 1.29 is 9.59 Å². The minimum absolute atomic E-state index is 0.00520. The number of fused-ring (bicyclic) bond motifs is 1. The summed E-state index contributed by atoms with van der Waals surface area (Å²) < 4.78 is 0. The lowest BCUT2D eigenvalue weighted by atomic mass is 10.0. The Hall–Kier alpha value is -3.96. The molecule has 0 N–H and O–H groups in total. The number of pyridine rings is 1. The molecule has 3 aromatic carbocycles. The predicted molar refractivity (Wildman–Crippen MR) is 133 cm³/mol. The van der Waals surface area contributed by atoms with Gasteiger partial charge < -0.3 is 9.80 Å². The topological polar surface area (TPSA) is 53.5 Å². The van der Waals surface area contributed by atoms with E-state index in [0.29, 0.717) is 23.7 Å². The molecule has 0 fully saturated rings. The van der Waals surface area contributed by atoms with Crippen LogP contribution in [0.5, 0.6) is 0 Å². The molecule has 1 aliphatic heterocycles.